The maximum absolute atomic E-state index is 12.5. The van der Waals surface area contributed by atoms with Gasteiger partial charge in [-0.15, -0.1) is 0 Å². The van der Waals surface area contributed by atoms with E-state index in [1.54, 1.807) is 24.0 Å². The molecule has 0 radical (unpaired) electrons. The molecule has 0 spiro atoms. The minimum Gasteiger partial charge on any atom is -0.342 e. The molecule has 1 saturated heterocycles. The number of nitrogens with zero attached hydrogens (tertiary/aromatic N) is 1. The lowest BCUT2D eigenvalue weighted by molar-refractivity contribution is -0.150. The average molecular weight is 329 g/mol. The zero-order valence-electron chi connectivity index (χ0n) is 12.2. The van der Waals surface area contributed by atoms with E-state index in [9.17, 15) is 9.59 Å². The minimum absolute atomic E-state index is 0.0465. The van der Waals surface area contributed by atoms with Gasteiger partial charge in [-0.3, -0.25) is 9.59 Å². The first-order valence-electron chi connectivity index (χ1n) is 6.86. The van der Waals surface area contributed by atoms with Crippen molar-refractivity contribution in [2.45, 2.75) is 39.4 Å². The van der Waals surface area contributed by atoms with Crippen molar-refractivity contribution in [2.75, 3.05) is 0 Å². The fraction of sp³-hybridized carbons (Fsp3) is 0.467. The van der Waals surface area contributed by atoms with Gasteiger partial charge in [0.1, 0.15) is 12.1 Å². The summed E-state index contributed by atoms with van der Waals surface area (Å²) in [6.07, 6.45) is 0. The molecule has 4 nitrogen and oxygen atoms in total. The Bertz CT molecular complexity index is 575. The summed E-state index contributed by atoms with van der Waals surface area (Å²) in [7, 11) is 0. The first-order chi connectivity index (χ1) is 9.81. The van der Waals surface area contributed by atoms with Gasteiger partial charge in [0.15, 0.2) is 0 Å². The molecule has 1 aliphatic rings. The van der Waals surface area contributed by atoms with E-state index >= 15 is 0 Å². The molecule has 1 aliphatic heterocycles. The van der Waals surface area contributed by atoms with E-state index in [2.05, 4.69) is 5.32 Å². The highest BCUT2D eigenvalue weighted by Gasteiger charge is 2.39. The van der Waals surface area contributed by atoms with Gasteiger partial charge in [-0.1, -0.05) is 43.1 Å². The Morgan fingerprint density at radius 3 is 2.48 bits per heavy atom. The van der Waals surface area contributed by atoms with Crippen LogP contribution < -0.4 is 5.32 Å². The van der Waals surface area contributed by atoms with E-state index in [-0.39, 0.29) is 17.7 Å². The van der Waals surface area contributed by atoms with E-state index in [0.29, 0.717) is 16.6 Å². The Balaban J connectivity index is 2.24. The van der Waals surface area contributed by atoms with E-state index in [1.807, 2.05) is 19.9 Å². The fourth-order valence-electron chi connectivity index (χ4n) is 2.35. The summed E-state index contributed by atoms with van der Waals surface area (Å²) >= 11 is 11.9. The number of halogens is 2. The number of rotatable bonds is 3. The van der Waals surface area contributed by atoms with Crippen LogP contribution in [0, 0.1) is 5.92 Å². The number of hydrogen-bond donors (Lipinski definition) is 1. The van der Waals surface area contributed by atoms with Crippen molar-refractivity contribution in [3.63, 3.8) is 0 Å². The molecule has 1 N–H and O–H groups in total. The van der Waals surface area contributed by atoms with Crippen molar-refractivity contribution in [3.05, 3.63) is 33.8 Å². The molecule has 2 rings (SSSR count). The highest BCUT2D eigenvalue weighted by Crippen LogP contribution is 2.25. The molecular formula is C15H18Cl2N2O2. The van der Waals surface area contributed by atoms with Gasteiger partial charge in [-0.25, -0.2) is 0 Å². The topological polar surface area (TPSA) is 49.4 Å². The van der Waals surface area contributed by atoms with Crippen LogP contribution in [0.15, 0.2) is 18.2 Å². The van der Waals surface area contributed by atoms with Crippen molar-refractivity contribution in [1.29, 1.82) is 0 Å². The number of carbonyl (C=O) groups excluding carboxylic acids is 2. The SMILES string of the molecule is CC(C)C1NC(=O)C(C)N(Cc2ccc(Cl)c(Cl)c2)C1=O. The van der Waals surface area contributed by atoms with Crippen LogP contribution in [0.2, 0.25) is 10.0 Å². The van der Waals surface area contributed by atoms with Gasteiger partial charge in [0.25, 0.3) is 0 Å². The van der Waals surface area contributed by atoms with Crippen LogP contribution in [0.1, 0.15) is 26.3 Å². The van der Waals surface area contributed by atoms with Gasteiger partial charge < -0.3 is 10.2 Å². The Kier molecular flexibility index (Phi) is 4.79. The first-order valence-corrected chi connectivity index (χ1v) is 7.61. The molecule has 0 saturated carbocycles. The summed E-state index contributed by atoms with van der Waals surface area (Å²) in [4.78, 5) is 26.1. The second-order valence-corrected chi connectivity index (χ2v) is 6.44. The molecular weight excluding hydrogens is 311 g/mol. The number of piperazine rings is 1. The molecule has 2 amide bonds. The Morgan fingerprint density at radius 1 is 1.24 bits per heavy atom. The monoisotopic (exact) mass is 328 g/mol. The number of carbonyl (C=O) groups is 2. The lowest BCUT2D eigenvalue weighted by atomic mass is 9.98. The molecule has 1 aromatic rings. The quantitative estimate of drug-likeness (QED) is 0.927. The second kappa shape index (κ2) is 6.24. The normalized spacial score (nSPS) is 22.7. The highest BCUT2D eigenvalue weighted by atomic mass is 35.5. The number of amides is 2. The summed E-state index contributed by atoms with van der Waals surface area (Å²) in [6, 6.07) is 4.25. The lowest BCUT2D eigenvalue weighted by Crippen LogP contribution is -2.63. The largest absolute Gasteiger partial charge is 0.342 e. The van der Waals surface area contributed by atoms with E-state index in [4.69, 9.17) is 23.2 Å². The molecule has 0 bridgehead atoms. The zero-order valence-corrected chi connectivity index (χ0v) is 13.7. The van der Waals surface area contributed by atoms with Crippen molar-refractivity contribution < 1.29 is 9.59 Å². The number of benzene rings is 1. The maximum Gasteiger partial charge on any atom is 0.246 e. The second-order valence-electron chi connectivity index (χ2n) is 5.62. The maximum atomic E-state index is 12.5. The molecule has 6 heteroatoms. The van der Waals surface area contributed by atoms with Gasteiger partial charge in [-0.2, -0.15) is 0 Å². The van der Waals surface area contributed by atoms with Crippen LogP contribution in [-0.4, -0.2) is 28.8 Å². The van der Waals surface area contributed by atoms with Gasteiger partial charge in [-0.05, 0) is 30.5 Å². The molecule has 0 aliphatic carbocycles. The van der Waals surface area contributed by atoms with Crippen LogP contribution in [-0.2, 0) is 16.1 Å². The fourth-order valence-corrected chi connectivity index (χ4v) is 2.67. The van der Waals surface area contributed by atoms with Gasteiger partial charge in [0.05, 0.1) is 10.0 Å². The molecule has 2 unspecified atom stereocenters. The van der Waals surface area contributed by atoms with E-state index in [0.717, 1.165) is 5.56 Å². The van der Waals surface area contributed by atoms with Crippen molar-refractivity contribution in [3.8, 4) is 0 Å². The standard InChI is InChI=1S/C15H18Cl2N2O2/c1-8(2)13-15(21)19(9(3)14(20)18-13)7-10-4-5-11(16)12(17)6-10/h4-6,8-9,13H,7H2,1-3H3,(H,18,20). The molecule has 1 fully saturated rings. The van der Waals surface area contributed by atoms with Crippen molar-refractivity contribution >= 4 is 35.0 Å². The predicted molar refractivity (Wildman–Crippen MR) is 83.2 cm³/mol. The Morgan fingerprint density at radius 2 is 1.90 bits per heavy atom. The van der Waals surface area contributed by atoms with Crippen LogP contribution in [0.25, 0.3) is 0 Å². The molecule has 21 heavy (non-hydrogen) atoms. The molecule has 2 atom stereocenters. The number of hydrogen-bond acceptors (Lipinski definition) is 2. The van der Waals surface area contributed by atoms with E-state index in [1.165, 1.54) is 0 Å². The summed E-state index contributed by atoms with van der Waals surface area (Å²) < 4.78 is 0. The van der Waals surface area contributed by atoms with E-state index < -0.39 is 12.1 Å². The predicted octanol–water partition coefficient (Wildman–Crippen LogP) is 2.86. The van der Waals surface area contributed by atoms with Crippen LogP contribution in [0.4, 0.5) is 0 Å². The van der Waals surface area contributed by atoms with Crippen LogP contribution in [0.3, 0.4) is 0 Å². The molecule has 1 heterocycles. The summed E-state index contributed by atoms with van der Waals surface area (Å²) in [5.41, 5.74) is 0.849. The van der Waals surface area contributed by atoms with Crippen LogP contribution >= 0.6 is 23.2 Å². The highest BCUT2D eigenvalue weighted by molar-refractivity contribution is 6.42. The third-order valence-electron chi connectivity index (χ3n) is 3.70. The van der Waals surface area contributed by atoms with Gasteiger partial charge in [0.2, 0.25) is 11.8 Å². The minimum atomic E-state index is -0.498. The van der Waals surface area contributed by atoms with Crippen molar-refractivity contribution in [2.24, 2.45) is 5.92 Å². The van der Waals surface area contributed by atoms with Gasteiger partial charge in [0, 0.05) is 6.54 Å². The number of nitrogens with one attached hydrogen (secondary N) is 1. The first kappa shape index (κ1) is 16.1. The molecule has 1 aromatic carbocycles. The lowest BCUT2D eigenvalue weighted by Gasteiger charge is -2.38. The van der Waals surface area contributed by atoms with Gasteiger partial charge >= 0.3 is 0 Å². The molecule has 0 aromatic heterocycles. The Hall–Kier alpha value is -1.26. The summed E-state index contributed by atoms with van der Waals surface area (Å²) in [5.74, 6) is -0.151. The summed E-state index contributed by atoms with van der Waals surface area (Å²) in [5, 5.41) is 3.68. The third kappa shape index (κ3) is 3.33. The van der Waals surface area contributed by atoms with Crippen LogP contribution in [0.5, 0.6) is 0 Å². The summed E-state index contributed by atoms with van der Waals surface area (Å²) in [6.45, 7) is 5.89. The average Bonchev–Trinajstić information content (AvgIpc) is 2.42. The smallest absolute Gasteiger partial charge is 0.246 e. The third-order valence-corrected chi connectivity index (χ3v) is 4.44. The Labute approximate surface area is 134 Å². The molecule has 114 valence electrons. The van der Waals surface area contributed by atoms with Crippen molar-refractivity contribution in [1.82, 2.24) is 10.2 Å². The zero-order chi connectivity index (χ0) is 15.7.